The summed E-state index contributed by atoms with van der Waals surface area (Å²) < 4.78 is 0. The van der Waals surface area contributed by atoms with Crippen LogP contribution in [0.2, 0.25) is 10.0 Å². The number of hydrogen-bond donors (Lipinski definition) is 2. The number of hydrogen-bond acceptors (Lipinski definition) is 3. The highest BCUT2D eigenvalue weighted by Gasteiger charge is 2.52. The van der Waals surface area contributed by atoms with E-state index in [0.717, 1.165) is 37.0 Å². The van der Waals surface area contributed by atoms with Crippen molar-refractivity contribution in [2.45, 2.75) is 44.6 Å². The molecule has 1 saturated carbocycles. The zero-order valence-electron chi connectivity index (χ0n) is 14.5. The molecule has 6 nitrogen and oxygen atoms in total. The molecule has 1 atom stereocenters. The van der Waals surface area contributed by atoms with Gasteiger partial charge in [0.1, 0.15) is 12.1 Å². The summed E-state index contributed by atoms with van der Waals surface area (Å²) in [5, 5.41) is 6.18. The zero-order chi connectivity index (χ0) is 18.9. The van der Waals surface area contributed by atoms with Crippen LogP contribution < -0.4 is 10.6 Å². The third-order valence-electron chi connectivity index (χ3n) is 5.17. The largest absolute Gasteiger partial charge is 0.325 e. The average molecular weight is 398 g/mol. The maximum Gasteiger partial charge on any atom is 0.325 e. The first-order valence-electron chi connectivity index (χ1n) is 8.69. The standard InChI is InChI=1S/C18H21Cl2N3O3/c1-18(11-5-3-2-4-6-11)16(25)23(17(26)22-18)10-15(24)21-14-8-12(19)7-13(20)9-14/h7-9,11H,2-6,10H2,1H3,(H,21,24)(H,22,26)/t18-/m1/s1. The molecule has 0 spiro atoms. The summed E-state index contributed by atoms with van der Waals surface area (Å²) in [6.45, 7) is 1.41. The van der Waals surface area contributed by atoms with E-state index in [1.807, 2.05) is 0 Å². The molecule has 2 fully saturated rings. The molecule has 8 heteroatoms. The van der Waals surface area contributed by atoms with Crippen molar-refractivity contribution in [1.82, 2.24) is 10.2 Å². The van der Waals surface area contributed by atoms with Crippen molar-refractivity contribution in [1.29, 1.82) is 0 Å². The maximum absolute atomic E-state index is 12.9. The molecule has 1 aliphatic carbocycles. The number of anilines is 1. The van der Waals surface area contributed by atoms with E-state index < -0.39 is 17.5 Å². The van der Waals surface area contributed by atoms with Gasteiger partial charge in [-0.2, -0.15) is 0 Å². The summed E-state index contributed by atoms with van der Waals surface area (Å²) in [6, 6.07) is 4.11. The summed E-state index contributed by atoms with van der Waals surface area (Å²) in [7, 11) is 0. The quantitative estimate of drug-likeness (QED) is 0.757. The molecular weight excluding hydrogens is 377 g/mol. The van der Waals surface area contributed by atoms with Gasteiger partial charge in [0.2, 0.25) is 5.91 Å². The normalized spacial score (nSPS) is 23.9. The van der Waals surface area contributed by atoms with Gasteiger partial charge >= 0.3 is 6.03 Å². The molecule has 1 saturated heterocycles. The van der Waals surface area contributed by atoms with E-state index in [1.165, 1.54) is 0 Å². The lowest BCUT2D eigenvalue weighted by molar-refractivity contribution is -0.135. The van der Waals surface area contributed by atoms with E-state index in [-0.39, 0.29) is 18.4 Å². The minimum Gasteiger partial charge on any atom is -0.324 e. The lowest BCUT2D eigenvalue weighted by atomic mass is 9.75. The van der Waals surface area contributed by atoms with Gasteiger partial charge in [0.15, 0.2) is 0 Å². The number of rotatable bonds is 4. The predicted octanol–water partition coefficient (Wildman–Crippen LogP) is 3.82. The number of halogens is 2. The molecule has 4 amide bonds. The molecule has 0 radical (unpaired) electrons. The number of nitrogens with zero attached hydrogens (tertiary/aromatic N) is 1. The second-order valence-corrected chi connectivity index (χ2v) is 7.94. The smallest absolute Gasteiger partial charge is 0.324 e. The highest BCUT2D eigenvalue weighted by Crippen LogP contribution is 2.36. The fraction of sp³-hybridized carbons (Fsp3) is 0.500. The second kappa shape index (κ2) is 7.45. The Morgan fingerprint density at radius 1 is 1.19 bits per heavy atom. The van der Waals surface area contributed by atoms with Gasteiger partial charge in [-0.1, -0.05) is 42.5 Å². The first-order valence-corrected chi connectivity index (χ1v) is 9.45. The number of amides is 4. The molecule has 1 aromatic carbocycles. The van der Waals surface area contributed by atoms with Gasteiger partial charge in [0.05, 0.1) is 0 Å². The summed E-state index contributed by atoms with van der Waals surface area (Å²) in [5.41, 5.74) is -0.522. The molecular formula is C18H21Cl2N3O3. The van der Waals surface area contributed by atoms with Crippen LogP contribution in [0.5, 0.6) is 0 Å². The van der Waals surface area contributed by atoms with Crippen LogP contribution >= 0.6 is 23.2 Å². The van der Waals surface area contributed by atoms with Crippen LogP contribution in [-0.4, -0.2) is 34.8 Å². The first kappa shape index (κ1) is 19.0. The van der Waals surface area contributed by atoms with Gasteiger partial charge in [-0.15, -0.1) is 0 Å². The van der Waals surface area contributed by atoms with Crippen molar-refractivity contribution >= 4 is 46.7 Å². The van der Waals surface area contributed by atoms with Crippen LogP contribution in [0.15, 0.2) is 18.2 Å². The number of benzene rings is 1. The molecule has 0 aromatic heterocycles. The van der Waals surface area contributed by atoms with Crippen molar-refractivity contribution in [3.63, 3.8) is 0 Å². The van der Waals surface area contributed by atoms with Gasteiger partial charge in [-0.3, -0.25) is 14.5 Å². The second-order valence-electron chi connectivity index (χ2n) is 7.07. The molecule has 1 aliphatic heterocycles. The zero-order valence-corrected chi connectivity index (χ0v) is 16.0. The Hall–Kier alpha value is -1.79. The van der Waals surface area contributed by atoms with Crippen LogP contribution in [0, 0.1) is 5.92 Å². The number of imide groups is 1. The third-order valence-corrected chi connectivity index (χ3v) is 5.61. The van der Waals surface area contributed by atoms with Gasteiger partial charge in [-0.05, 0) is 43.9 Å². The fourth-order valence-electron chi connectivity index (χ4n) is 3.79. The summed E-state index contributed by atoms with van der Waals surface area (Å²) in [5.74, 6) is -0.721. The van der Waals surface area contributed by atoms with Crippen LogP contribution in [0.25, 0.3) is 0 Å². The topological polar surface area (TPSA) is 78.5 Å². The molecule has 26 heavy (non-hydrogen) atoms. The van der Waals surface area contributed by atoms with Crippen molar-refractivity contribution in [2.24, 2.45) is 5.92 Å². The number of urea groups is 1. The predicted molar refractivity (Wildman–Crippen MR) is 100 cm³/mol. The number of carbonyl (C=O) groups excluding carboxylic acids is 3. The van der Waals surface area contributed by atoms with Crippen molar-refractivity contribution in [2.75, 3.05) is 11.9 Å². The number of carbonyl (C=O) groups is 3. The molecule has 2 aliphatic rings. The highest BCUT2D eigenvalue weighted by molar-refractivity contribution is 6.35. The third kappa shape index (κ3) is 3.81. The lowest BCUT2D eigenvalue weighted by Crippen LogP contribution is -2.51. The molecule has 0 bridgehead atoms. The Labute approximate surface area is 162 Å². The Morgan fingerprint density at radius 2 is 1.81 bits per heavy atom. The van der Waals surface area contributed by atoms with Crippen molar-refractivity contribution in [3.8, 4) is 0 Å². The molecule has 3 rings (SSSR count). The van der Waals surface area contributed by atoms with Crippen LogP contribution in [0.1, 0.15) is 39.0 Å². The summed E-state index contributed by atoms with van der Waals surface area (Å²) in [4.78, 5) is 38.4. The molecule has 0 unspecified atom stereocenters. The first-order chi connectivity index (χ1) is 12.3. The number of nitrogens with one attached hydrogen (secondary N) is 2. The average Bonchev–Trinajstić information content (AvgIpc) is 2.79. The Bertz CT molecular complexity index is 729. The lowest BCUT2D eigenvalue weighted by Gasteiger charge is -2.34. The van der Waals surface area contributed by atoms with Crippen LogP contribution in [0.3, 0.4) is 0 Å². The SMILES string of the molecule is C[C@]1(C2CCCCC2)NC(=O)N(CC(=O)Nc2cc(Cl)cc(Cl)c2)C1=O. The Kier molecular flexibility index (Phi) is 5.44. The molecule has 140 valence electrons. The minimum absolute atomic E-state index is 0.104. The fourth-order valence-corrected chi connectivity index (χ4v) is 4.31. The van der Waals surface area contributed by atoms with Gasteiger partial charge in [-0.25, -0.2) is 4.79 Å². The van der Waals surface area contributed by atoms with E-state index in [9.17, 15) is 14.4 Å². The van der Waals surface area contributed by atoms with E-state index in [4.69, 9.17) is 23.2 Å². The van der Waals surface area contributed by atoms with Crippen molar-refractivity contribution < 1.29 is 14.4 Å². The van der Waals surface area contributed by atoms with Crippen LogP contribution in [-0.2, 0) is 9.59 Å². The minimum atomic E-state index is -0.933. The highest BCUT2D eigenvalue weighted by atomic mass is 35.5. The molecule has 2 N–H and O–H groups in total. The van der Waals surface area contributed by atoms with Gasteiger partial charge in [0.25, 0.3) is 5.91 Å². The van der Waals surface area contributed by atoms with Gasteiger partial charge < -0.3 is 10.6 Å². The van der Waals surface area contributed by atoms with E-state index in [2.05, 4.69) is 10.6 Å². The van der Waals surface area contributed by atoms with Crippen LogP contribution in [0.4, 0.5) is 10.5 Å². The monoisotopic (exact) mass is 397 g/mol. The summed E-state index contributed by atoms with van der Waals surface area (Å²) in [6.07, 6.45) is 5.08. The maximum atomic E-state index is 12.9. The van der Waals surface area contributed by atoms with E-state index >= 15 is 0 Å². The van der Waals surface area contributed by atoms with Gasteiger partial charge in [0, 0.05) is 15.7 Å². The van der Waals surface area contributed by atoms with E-state index in [0.29, 0.717) is 15.7 Å². The Morgan fingerprint density at radius 3 is 2.42 bits per heavy atom. The Balaban J connectivity index is 1.68. The van der Waals surface area contributed by atoms with E-state index in [1.54, 1.807) is 25.1 Å². The summed E-state index contributed by atoms with van der Waals surface area (Å²) >= 11 is 11.8. The van der Waals surface area contributed by atoms with Crippen molar-refractivity contribution in [3.05, 3.63) is 28.2 Å². The molecule has 1 aromatic rings. The molecule has 1 heterocycles.